The zero-order valence-electron chi connectivity index (χ0n) is 16.4. The van der Waals surface area contributed by atoms with Crippen LogP contribution in [0.1, 0.15) is 23.2 Å². The molecule has 2 heterocycles. The van der Waals surface area contributed by atoms with E-state index in [0.29, 0.717) is 11.3 Å². The molecule has 2 N–H and O–H groups in total. The molecular formula is C20H20N4O6S. The van der Waals surface area contributed by atoms with Crippen LogP contribution in [-0.2, 0) is 24.3 Å². The van der Waals surface area contributed by atoms with E-state index in [9.17, 15) is 22.8 Å². The molecule has 0 radical (unpaired) electrons. The third-order valence-electron chi connectivity index (χ3n) is 4.72. The first kappa shape index (κ1) is 20.8. The van der Waals surface area contributed by atoms with Gasteiger partial charge in [-0.25, -0.2) is 13.2 Å². The molecule has 0 unspecified atom stereocenters. The lowest BCUT2D eigenvalue weighted by Gasteiger charge is -2.26. The first-order valence-electron chi connectivity index (χ1n) is 9.66. The highest BCUT2D eigenvalue weighted by Crippen LogP contribution is 2.20. The van der Waals surface area contributed by atoms with Crippen molar-refractivity contribution in [2.45, 2.75) is 18.9 Å². The maximum absolute atomic E-state index is 12.2. The van der Waals surface area contributed by atoms with Crippen LogP contribution in [-0.4, -0.2) is 61.9 Å². The van der Waals surface area contributed by atoms with Crippen molar-refractivity contribution in [2.75, 3.05) is 24.2 Å². The number of sulfonamides is 1. The normalized spacial score (nSPS) is 18.9. The molecule has 10 nitrogen and oxygen atoms in total. The molecule has 3 aliphatic rings. The van der Waals surface area contributed by atoms with Gasteiger partial charge in [0.05, 0.1) is 11.3 Å². The number of rotatable bonds is 6. The van der Waals surface area contributed by atoms with Gasteiger partial charge in [-0.2, -0.15) is 0 Å². The number of carbonyl (C=O) groups is 3. The van der Waals surface area contributed by atoms with Gasteiger partial charge in [-0.1, -0.05) is 6.07 Å². The van der Waals surface area contributed by atoms with Crippen LogP contribution in [0.5, 0.6) is 0 Å². The number of fused-ring (bicyclic) bond motifs is 1. The Morgan fingerprint density at radius 3 is 2.77 bits per heavy atom. The minimum Gasteiger partial charge on any atom is -0.452 e. The Bertz CT molecular complexity index is 1130. The third-order valence-corrected chi connectivity index (χ3v) is 5.88. The zero-order valence-corrected chi connectivity index (χ0v) is 17.2. The van der Waals surface area contributed by atoms with Crippen molar-refractivity contribution in [3.63, 3.8) is 0 Å². The molecule has 1 aliphatic carbocycles. The molecule has 2 amide bonds. The molecule has 1 saturated carbocycles. The number of nitrogens with zero attached hydrogens (tertiary/aromatic N) is 2. The molecule has 0 aromatic heterocycles. The highest BCUT2D eigenvalue weighted by atomic mass is 32.2. The van der Waals surface area contributed by atoms with Crippen molar-refractivity contribution in [1.29, 1.82) is 0 Å². The second-order valence-corrected chi connectivity index (χ2v) is 9.05. The predicted molar refractivity (Wildman–Crippen MR) is 112 cm³/mol. The second kappa shape index (κ2) is 8.34. The Labute approximate surface area is 178 Å². The Morgan fingerprint density at radius 2 is 2.00 bits per heavy atom. The van der Waals surface area contributed by atoms with E-state index < -0.39 is 28.5 Å². The number of nitrogens with one attached hydrogen (secondary N) is 2. The van der Waals surface area contributed by atoms with Crippen molar-refractivity contribution in [3.8, 4) is 0 Å². The summed E-state index contributed by atoms with van der Waals surface area (Å²) in [5.41, 5.74) is 1.02. The third kappa shape index (κ3) is 5.37. The number of anilines is 1. The van der Waals surface area contributed by atoms with Crippen molar-refractivity contribution in [3.05, 3.63) is 53.8 Å². The average molecular weight is 444 g/mol. The van der Waals surface area contributed by atoms with Crippen LogP contribution in [0.15, 0.2) is 52.6 Å². The van der Waals surface area contributed by atoms with Crippen LogP contribution >= 0.6 is 0 Å². The standard InChI is InChI=1S/C20H20N4O6S/c25-18(21-16-3-1-2-13(10-16)19(26)22-15-5-6-15)12-30-20(27)14-4-7-17-23-31(28,29)9-8-24(17)11-14/h1-4,7,10-11,15H,5-6,8-9,12H2,(H,21,25)(H,22,26). The molecule has 0 atom stereocenters. The molecule has 2 aliphatic heterocycles. The Balaban J connectivity index is 1.30. The SMILES string of the molecule is O=C(COC(=O)C1=CN2CCS(=O)(=O)N=C2C=C1)Nc1cccc(C(=O)NC2CC2)c1. The molecule has 31 heavy (non-hydrogen) atoms. The van der Waals surface area contributed by atoms with Crippen LogP contribution in [0.3, 0.4) is 0 Å². The molecule has 11 heteroatoms. The fourth-order valence-corrected chi connectivity index (χ4v) is 3.94. The molecule has 0 spiro atoms. The van der Waals surface area contributed by atoms with Crippen LogP contribution in [0.4, 0.5) is 5.69 Å². The first-order valence-corrected chi connectivity index (χ1v) is 11.3. The van der Waals surface area contributed by atoms with E-state index in [-0.39, 0.29) is 35.7 Å². The summed E-state index contributed by atoms with van der Waals surface area (Å²) in [6.45, 7) is -0.342. The molecule has 0 saturated heterocycles. The van der Waals surface area contributed by atoms with Gasteiger partial charge in [-0.05, 0) is 43.2 Å². The van der Waals surface area contributed by atoms with E-state index in [1.807, 2.05) is 0 Å². The highest BCUT2D eigenvalue weighted by Gasteiger charge is 2.26. The van der Waals surface area contributed by atoms with E-state index in [1.165, 1.54) is 23.3 Å². The van der Waals surface area contributed by atoms with Gasteiger partial charge in [-0.3, -0.25) is 9.59 Å². The van der Waals surface area contributed by atoms with Gasteiger partial charge >= 0.3 is 5.97 Å². The largest absolute Gasteiger partial charge is 0.452 e. The molecule has 1 fully saturated rings. The summed E-state index contributed by atoms with van der Waals surface area (Å²) in [6, 6.07) is 6.71. The van der Waals surface area contributed by atoms with Gasteiger partial charge in [0.2, 0.25) is 0 Å². The summed E-state index contributed by atoms with van der Waals surface area (Å²) in [4.78, 5) is 38.0. The van der Waals surface area contributed by atoms with Crippen molar-refractivity contribution < 1.29 is 27.5 Å². The quantitative estimate of drug-likeness (QED) is 0.612. The number of ether oxygens (including phenoxy) is 1. The van der Waals surface area contributed by atoms with E-state index in [4.69, 9.17) is 4.74 Å². The monoisotopic (exact) mass is 444 g/mol. The summed E-state index contributed by atoms with van der Waals surface area (Å²) in [5.74, 6) is -1.40. The van der Waals surface area contributed by atoms with Gasteiger partial charge in [0.15, 0.2) is 6.61 Å². The number of benzene rings is 1. The topological polar surface area (TPSA) is 134 Å². The molecule has 162 valence electrons. The smallest absolute Gasteiger partial charge is 0.340 e. The molecule has 1 aromatic rings. The fourth-order valence-electron chi connectivity index (χ4n) is 2.97. The van der Waals surface area contributed by atoms with Crippen molar-refractivity contribution >= 4 is 39.3 Å². The van der Waals surface area contributed by atoms with E-state index in [2.05, 4.69) is 15.0 Å². The number of esters is 1. The maximum atomic E-state index is 12.2. The zero-order chi connectivity index (χ0) is 22.0. The lowest BCUT2D eigenvalue weighted by molar-refractivity contribution is -0.143. The van der Waals surface area contributed by atoms with Gasteiger partial charge in [0, 0.05) is 30.0 Å². The number of hydrogen-bond acceptors (Lipinski definition) is 7. The van der Waals surface area contributed by atoms with E-state index in [0.717, 1.165) is 12.8 Å². The first-order chi connectivity index (χ1) is 14.8. The fraction of sp³-hybridized carbons (Fsp3) is 0.300. The minimum atomic E-state index is -3.48. The molecule has 0 bridgehead atoms. The lowest BCUT2D eigenvalue weighted by atomic mass is 10.2. The highest BCUT2D eigenvalue weighted by molar-refractivity contribution is 7.90. The Hall–Kier alpha value is -3.47. The number of carbonyl (C=O) groups excluding carboxylic acids is 3. The minimum absolute atomic E-state index is 0.149. The summed E-state index contributed by atoms with van der Waals surface area (Å²) < 4.78 is 31.7. The summed E-state index contributed by atoms with van der Waals surface area (Å²) in [6.07, 6.45) is 6.19. The number of amides is 2. The number of hydrogen-bond donors (Lipinski definition) is 2. The Morgan fingerprint density at radius 1 is 1.19 bits per heavy atom. The summed E-state index contributed by atoms with van der Waals surface area (Å²) in [7, 11) is -3.48. The molecule has 1 aromatic carbocycles. The van der Waals surface area contributed by atoms with Crippen LogP contribution in [0.25, 0.3) is 0 Å². The average Bonchev–Trinajstić information content (AvgIpc) is 3.55. The number of amidine groups is 1. The van der Waals surface area contributed by atoms with Gasteiger partial charge in [0.1, 0.15) is 5.84 Å². The predicted octanol–water partition coefficient (Wildman–Crippen LogP) is 0.558. The van der Waals surface area contributed by atoms with Gasteiger partial charge in [-0.15, -0.1) is 4.40 Å². The van der Waals surface area contributed by atoms with Crippen molar-refractivity contribution in [2.24, 2.45) is 4.40 Å². The van der Waals surface area contributed by atoms with Gasteiger partial charge in [0.25, 0.3) is 21.8 Å². The van der Waals surface area contributed by atoms with E-state index >= 15 is 0 Å². The lowest BCUT2D eigenvalue weighted by Crippen LogP contribution is -2.37. The van der Waals surface area contributed by atoms with Crippen LogP contribution < -0.4 is 10.6 Å². The van der Waals surface area contributed by atoms with Crippen LogP contribution in [0.2, 0.25) is 0 Å². The van der Waals surface area contributed by atoms with Gasteiger partial charge < -0.3 is 20.3 Å². The Kier molecular flexibility index (Phi) is 5.59. The molecular weight excluding hydrogens is 424 g/mol. The summed E-state index contributed by atoms with van der Waals surface area (Å²) in [5, 5.41) is 5.46. The molecule has 4 rings (SSSR count). The van der Waals surface area contributed by atoms with E-state index in [1.54, 1.807) is 24.3 Å². The van der Waals surface area contributed by atoms with Crippen molar-refractivity contribution in [1.82, 2.24) is 10.2 Å². The maximum Gasteiger partial charge on any atom is 0.340 e. The summed E-state index contributed by atoms with van der Waals surface area (Å²) >= 11 is 0. The van der Waals surface area contributed by atoms with Crippen LogP contribution in [0, 0.1) is 0 Å². The second-order valence-electron chi connectivity index (χ2n) is 7.30.